The van der Waals surface area contributed by atoms with Crippen LogP contribution in [-0.4, -0.2) is 42.5 Å². The van der Waals surface area contributed by atoms with Crippen molar-refractivity contribution in [3.8, 4) is 11.5 Å². The molecule has 0 aromatic heterocycles. The molecule has 0 saturated heterocycles. The Morgan fingerprint density at radius 3 is 2.32 bits per heavy atom. The third kappa shape index (κ3) is 7.02. The van der Waals surface area contributed by atoms with E-state index in [4.69, 9.17) is 9.47 Å². The Bertz CT molecular complexity index is 880. The van der Waals surface area contributed by atoms with Crippen molar-refractivity contribution in [2.24, 2.45) is 0 Å². The molecule has 1 N–H and O–H groups in total. The van der Waals surface area contributed by atoms with E-state index in [-0.39, 0.29) is 24.5 Å². The van der Waals surface area contributed by atoms with Gasteiger partial charge in [-0.2, -0.15) is 0 Å². The predicted molar refractivity (Wildman–Crippen MR) is 122 cm³/mol. The molecule has 0 spiro atoms. The third-order valence-electron chi connectivity index (χ3n) is 5.36. The summed E-state index contributed by atoms with van der Waals surface area (Å²) in [7, 11) is 1.61. The molecule has 0 saturated carbocycles. The van der Waals surface area contributed by atoms with Gasteiger partial charge in [-0.05, 0) is 63.4 Å². The first-order chi connectivity index (χ1) is 14.7. The number of hydrogen-bond donors (Lipinski definition) is 1. The molecule has 0 aliphatic carbocycles. The number of carbonyl (C=O) groups is 2. The van der Waals surface area contributed by atoms with E-state index in [2.05, 4.69) is 5.32 Å². The van der Waals surface area contributed by atoms with E-state index in [0.29, 0.717) is 12.3 Å². The van der Waals surface area contributed by atoms with Crippen molar-refractivity contribution in [3.63, 3.8) is 0 Å². The van der Waals surface area contributed by atoms with Crippen molar-refractivity contribution < 1.29 is 19.1 Å². The summed E-state index contributed by atoms with van der Waals surface area (Å²) >= 11 is 0. The van der Waals surface area contributed by atoms with Gasteiger partial charge >= 0.3 is 0 Å². The Balaban J connectivity index is 2.17. The quantitative estimate of drug-likeness (QED) is 0.623. The predicted octanol–water partition coefficient (Wildman–Crippen LogP) is 4.02. The van der Waals surface area contributed by atoms with Gasteiger partial charge in [-0.15, -0.1) is 0 Å². The van der Waals surface area contributed by atoms with E-state index in [1.54, 1.807) is 18.9 Å². The van der Waals surface area contributed by atoms with Crippen molar-refractivity contribution in [3.05, 3.63) is 59.2 Å². The summed E-state index contributed by atoms with van der Waals surface area (Å²) < 4.78 is 11.0. The summed E-state index contributed by atoms with van der Waals surface area (Å²) in [5.41, 5.74) is 3.01. The Hall–Kier alpha value is -3.02. The molecule has 0 heterocycles. The molecule has 0 bridgehead atoms. The van der Waals surface area contributed by atoms with Gasteiger partial charge in [0.2, 0.25) is 5.91 Å². The lowest BCUT2D eigenvalue weighted by Gasteiger charge is -2.29. The van der Waals surface area contributed by atoms with Crippen LogP contribution in [0.1, 0.15) is 43.9 Å². The van der Waals surface area contributed by atoms with Crippen LogP contribution in [0.3, 0.4) is 0 Å². The molecule has 2 aromatic rings. The summed E-state index contributed by atoms with van der Waals surface area (Å²) in [6.07, 6.45) is 0.820. The molecule has 6 heteroatoms. The van der Waals surface area contributed by atoms with Crippen molar-refractivity contribution >= 4 is 11.8 Å². The van der Waals surface area contributed by atoms with Crippen LogP contribution in [-0.2, 0) is 16.1 Å². The zero-order chi connectivity index (χ0) is 23.0. The van der Waals surface area contributed by atoms with Crippen molar-refractivity contribution in [1.82, 2.24) is 10.2 Å². The number of ether oxygens (including phenoxy) is 2. The average Bonchev–Trinajstić information content (AvgIpc) is 2.76. The Labute approximate surface area is 185 Å². The molecule has 0 fully saturated rings. The van der Waals surface area contributed by atoms with E-state index in [0.717, 1.165) is 28.9 Å². The molecular weight excluding hydrogens is 392 g/mol. The van der Waals surface area contributed by atoms with Gasteiger partial charge in [0, 0.05) is 12.6 Å². The first-order valence-electron chi connectivity index (χ1n) is 10.7. The molecule has 0 radical (unpaired) electrons. The molecule has 2 amide bonds. The summed E-state index contributed by atoms with van der Waals surface area (Å²) in [6.45, 7) is 9.82. The maximum Gasteiger partial charge on any atom is 0.261 e. The fraction of sp³-hybridized carbons (Fsp3) is 0.440. The second-order valence-electron chi connectivity index (χ2n) is 7.92. The fourth-order valence-corrected chi connectivity index (χ4v) is 3.16. The standard InChI is InChI=1S/C25H34N2O4/c1-7-19(4)26-25(29)20(5)27(15-21-9-11-22(30-6)12-10-21)24(28)16-31-23-13-8-17(2)14-18(23)3/h8-14,19-20H,7,15-16H2,1-6H3,(H,26,29). The maximum atomic E-state index is 13.1. The Morgan fingerprint density at radius 2 is 1.74 bits per heavy atom. The molecule has 2 unspecified atom stereocenters. The van der Waals surface area contributed by atoms with Crippen LogP contribution in [0.2, 0.25) is 0 Å². The van der Waals surface area contributed by atoms with E-state index in [1.165, 1.54) is 0 Å². The van der Waals surface area contributed by atoms with Crippen LogP contribution in [0.15, 0.2) is 42.5 Å². The number of benzene rings is 2. The van der Waals surface area contributed by atoms with Gasteiger partial charge in [0.05, 0.1) is 7.11 Å². The first kappa shape index (κ1) is 24.3. The number of aryl methyl sites for hydroxylation is 2. The van der Waals surface area contributed by atoms with Gasteiger partial charge in [-0.1, -0.05) is 36.8 Å². The lowest BCUT2D eigenvalue weighted by Crippen LogP contribution is -2.50. The molecule has 2 atom stereocenters. The van der Waals surface area contributed by atoms with Gasteiger partial charge in [-0.25, -0.2) is 0 Å². The van der Waals surface area contributed by atoms with Crippen molar-refractivity contribution in [2.45, 2.75) is 59.7 Å². The Kier molecular flexibility index (Phi) is 8.91. The van der Waals surface area contributed by atoms with E-state index < -0.39 is 6.04 Å². The molecule has 6 nitrogen and oxygen atoms in total. The number of nitrogens with one attached hydrogen (secondary N) is 1. The normalized spacial score (nSPS) is 12.6. The van der Waals surface area contributed by atoms with E-state index in [9.17, 15) is 9.59 Å². The monoisotopic (exact) mass is 426 g/mol. The second kappa shape index (κ2) is 11.4. The minimum absolute atomic E-state index is 0.0411. The Morgan fingerprint density at radius 1 is 1.06 bits per heavy atom. The van der Waals surface area contributed by atoms with Gasteiger partial charge < -0.3 is 19.7 Å². The topological polar surface area (TPSA) is 67.9 Å². The van der Waals surface area contributed by atoms with Crippen molar-refractivity contribution in [2.75, 3.05) is 13.7 Å². The van der Waals surface area contributed by atoms with Gasteiger partial charge in [0.15, 0.2) is 6.61 Å². The number of methoxy groups -OCH3 is 1. The molecule has 31 heavy (non-hydrogen) atoms. The fourth-order valence-electron chi connectivity index (χ4n) is 3.16. The van der Waals surface area contributed by atoms with Crippen LogP contribution in [0, 0.1) is 13.8 Å². The molecular formula is C25H34N2O4. The lowest BCUT2D eigenvalue weighted by atomic mass is 10.1. The largest absolute Gasteiger partial charge is 0.497 e. The van der Waals surface area contributed by atoms with Crippen LogP contribution in [0.25, 0.3) is 0 Å². The summed E-state index contributed by atoms with van der Waals surface area (Å²) in [5.74, 6) is 0.979. The van der Waals surface area contributed by atoms with Crippen LogP contribution >= 0.6 is 0 Å². The number of nitrogens with zero attached hydrogens (tertiary/aromatic N) is 1. The van der Waals surface area contributed by atoms with Crippen LogP contribution in [0.5, 0.6) is 11.5 Å². The van der Waals surface area contributed by atoms with Gasteiger partial charge in [0.1, 0.15) is 17.5 Å². The van der Waals surface area contributed by atoms with Crippen LogP contribution in [0.4, 0.5) is 0 Å². The SMILES string of the molecule is CCC(C)NC(=O)C(C)N(Cc1ccc(OC)cc1)C(=O)COc1ccc(C)cc1C. The van der Waals surface area contributed by atoms with E-state index >= 15 is 0 Å². The summed E-state index contributed by atoms with van der Waals surface area (Å²) in [6, 6.07) is 12.7. The zero-order valence-corrected chi connectivity index (χ0v) is 19.4. The smallest absolute Gasteiger partial charge is 0.261 e. The highest BCUT2D eigenvalue weighted by molar-refractivity contribution is 5.88. The minimum atomic E-state index is -0.633. The second-order valence-corrected chi connectivity index (χ2v) is 7.92. The number of hydrogen-bond acceptors (Lipinski definition) is 4. The van der Waals surface area contributed by atoms with Gasteiger partial charge in [-0.3, -0.25) is 9.59 Å². The lowest BCUT2D eigenvalue weighted by molar-refractivity contribution is -0.142. The molecule has 168 valence electrons. The molecule has 0 aliphatic rings. The van der Waals surface area contributed by atoms with Gasteiger partial charge in [0.25, 0.3) is 5.91 Å². The molecule has 0 aliphatic heterocycles. The highest BCUT2D eigenvalue weighted by Gasteiger charge is 2.27. The zero-order valence-electron chi connectivity index (χ0n) is 19.4. The summed E-state index contributed by atoms with van der Waals surface area (Å²) in [5, 5.41) is 2.96. The highest BCUT2D eigenvalue weighted by atomic mass is 16.5. The minimum Gasteiger partial charge on any atom is -0.497 e. The number of amides is 2. The highest BCUT2D eigenvalue weighted by Crippen LogP contribution is 2.20. The summed E-state index contributed by atoms with van der Waals surface area (Å²) in [4.78, 5) is 27.4. The third-order valence-corrected chi connectivity index (χ3v) is 5.36. The molecule has 2 rings (SSSR count). The first-order valence-corrected chi connectivity index (χ1v) is 10.7. The van der Waals surface area contributed by atoms with Crippen molar-refractivity contribution in [1.29, 1.82) is 0 Å². The van der Waals surface area contributed by atoms with E-state index in [1.807, 2.05) is 70.2 Å². The maximum absolute atomic E-state index is 13.1. The number of rotatable bonds is 10. The average molecular weight is 427 g/mol. The number of carbonyl (C=O) groups excluding carboxylic acids is 2. The van der Waals surface area contributed by atoms with Crippen LogP contribution < -0.4 is 14.8 Å². The molecule has 2 aromatic carbocycles.